The van der Waals surface area contributed by atoms with E-state index < -0.39 is 21.9 Å². The Balaban J connectivity index is 2.99. The zero-order chi connectivity index (χ0) is 13.3. The third-order valence-electron chi connectivity index (χ3n) is 1.78. The second-order valence-electron chi connectivity index (χ2n) is 3.25. The smallest absolute Gasteiger partial charge is 0.318 e. The van der Waals surface area contributed by atoms with Crippen molar-refractivity contribution in [3.8, 4) is 0 Å². The molecule has 4 nitrogen and oxygen atoms in total. The van der Waals surface area contributed by atoms with Gasteiger partial charge in [0.1, 0.15) is 0 Å². The summed E-state index contributed by atoms with van der Waals surface area (Å²) in [4.78, 5) is 10.4. The topological polar surface area (TPSA) is 63.2 Å². The number of nitrogens with one attached hydrogen (secondary N) is 1. The van der Waals surface area contributed by atoms with E-state index in [2.05, 4.69) is 0 Å². The van der Waals surface area contributed by atoms with Crippen molar-refractivity contribution in [2.45, 2.75) is 11.1 Å². The maximum Gasteiger partial charge on any atom is 0.471 e. The van der Waals surface area contributed by atoms with E-state index in [1.54, 1.807) is 5.32 Å². The molecule has 8 heteroatoms. The molecule has 0 radical (unpaired) electrons. The Morgan fingerprint density at radius 2 is 1.88 bits per heavy atom. The van der Waals surface area contributed by atoms with Gasteiger partial charge in [-0.1, -0.05) is 6.07 Å². The molecule has 0 heterocycles. The Morgan fingerprint density at radius 3 is 2.35 bits per heavy atom. The molecule has 0 aliphatic heterocycles. The molecule has 1 N–H and O–H groups in total. The average Bonchev–Trinajstić information content (AvgIpc) is 2.15. The van der Waals surface area contributed by atoms with Gasteiger partial charge in [-0.05, 0) is 18.2 Å². The number of alkyl halides is 3. The predicted octanol–water partition coefficient (Wildman–Crippen LogP) is 1.59. The van der Waals surface area contributed by atoms with Gasteiger partial charge in [0.05, 0.1) is 4.90 Å². The second kappa shape index (κ2) is 4.36. The summed E-state index contributed by atoms with van der Waals surface area (Å²) in [6.07, 6.45) is -4.10. The highest BCUT2D eigenvalue weighted by atomic mass is 32.2. The van der Waals surface area contributed by atoms with E-state index in [1.165, 1.54) is 18.2 Å². The molecular formula is C9H8F3NO3S. The molecular weight excluding hydrogens is 259 g/mol. The first kappa shape index (κ1) is 13.5. The lowest BCUT2D eigenvalue weighted by molar-refractivity contribution is -0.167. The van der Waals surface area contributed by atoms with E-state index in [4.69, 9.17) is 0 Å². The van der Waals surface area contributed by atoms with Gasteiger partial charge in [0, 0.05) is 11.9 Å². The number of benzene rings is 1. The van der Waals surface area contributed by atoms with Gasteiger partial charge < -0.3 is 5.32 Å². The zero-order valence-electron chi connectivity index (χ0n) is 8.58. The Labute approximate surface area is 95.4 Å². The number of halogens is 3. The minimum atomic E-state index is -5.01. The van der Waals surface area contributed by atoms with Crippen molar-refractivity contribution in [1.82, 2.24) is 0 Å². The summed E-state index contributed by atoms with van der Waals surface area (Å²) in [7, 11) is -3.53. The van der Waals surface area contributed by atoms with Crippen LogP contribution < -0.4 is 5.32 Å². The highest BCUT2D eigenvalue weighted by molar-refractivity contribution is 7.90. The van der Waals surface area contributed by atoms with E-state index in [0.717, 1.165) is 12.3 Å². The number of sulfone groups is 1. The standard InChI is InChI=1S/C9H8F3NO3S/c1-17(15,16)7-4-2-3-6(5-7)13-8(14)9(10,11)12/h2-5H,1H3,(H,13,14). The lowest BCUT2D eigenvalue weighted by Gasteiger charge is -2.08. The van der Waals surface area contributed by atoms with Gasteiger partial charge in [-0.15, -0.1) is 0 Å². The van der Waals surface area contributed by atoms with Crippen LogP contribution in [0, 0.1) is 0 Å². The van der Waals surface area contributed by atoms with Crippen molar-refractivity contribution < 1.29 is 26.4 Å². The molecule has 0 aliphatic rings. The first-order valence-corrected chi connectivity index (χ1v) is 6.18. The third kappa shape index (κ3) is 3.74. The van der Waals surface area contributed by atoms with Crippen molar-refractivity contribution in [3.63, 3.8) is 0 Å². The van der Waals surface area contributed by atoms with Crippen LogP contribution in [-0.4, -0.2) is 26.8 Å². The molecule has 1 amide bonds. The van der Waals surface area contributed by atoms with Gasteiger partial charge in [0.25, 0.3) is 0 Å². The Kier molecular flexibility index (Phi) is 3.46. The largest absolute Gasteiger partial charge is 0.471 e. The Bertz CT molecular complexity index is 537. The minimum Gasteiger partial charge on any atom is -0.318 e. The monoisotopic (exact) mass is 267 g/mol. The molecule has 1 aromatic rings. The third-order valence-corrected chi connectivity index (χ3v) is 2.89. The summed E-state index contributed by atoms with van der Waals surface area (Å²) in [5.41, 5.74) is -0.227. The maximum absolute atomic E-state index is 11.9. The molecule has 0 saturated carbocycles. The zero-order valence-corrected chi connectivity index (χ0v) is 9.39. The van der Waals surface area contributed by atoms with Crippen LogP contribution in [0.1, 0.15) is 0 Å². The van der Waals surface area contributed by atoms with Gasteiger partial charge in [-0.25, -0.2) is 8.42 Å². The molecule has 0 aromatic heterocycles. The Morgan fingerprint density at radius 1 is 1.29 bits per heavy atom. The number of rotatable bonds is 2. The fourth-order valence-electron chi connectivity index (χ4n) is 1.01. The number of carbonyl (C=O) groups is 1. The van der Waals surface area contributed by atoms with Gasteiger partial charge in [0.2, 0.25) is 0 Å². The summed E-state index contributed by atoms with van der Waals surface area (Å²) in [5.74, 6) is -2.15. The normalized spacial score (nSPS) is 12.2. The van der Waals surface area contributed by atoms with Crippen LogP contribution in [0.5, 0.6) is 0 Å². The number of anilines is 1. The van der Waals surface area contributed by atoms with E-state index in [9.17, 15) is 26.4 Å². The summed E-state index contributed by atoms with van der Waals surface area (Å²) >= 11 is 0. The molecule has 0 aliphatic carbocycles. The molecule has 0 unspecified atom stereocenters. The summed E-state index contributed by atoms with van der Waals surface area (Å²) in [6.45, 7) is 0. The molecule has 0 bridgehead atoms. The van der Waals surface area contributed by atoms with Crippen molar-refractivity contribution in [3.05, 3.63) is 24.3 Å². The minimum absolute atomic E-state index is 0.169. The van der Waals surface area contributed by atoms with Crippen LogP contribution >= 0.6 is 0 Å². The van der Waals surface area contributed by atoms with E-state index >= 15 is 0 Å². The van der Waals surface area contributed by atoms with Crippen molar-refractivity contribution in [2.24, 2.45) is 0 Å². The lowest BCUT2D eigenvalue weighted by Crippen LogP contribution is -2.29. The van der Waals surface area contributed by atoms with Crippen LogP contribution in [0.4, 0.5) is 18.9 Å². The fourth-order valence-corrected chi connectivity index (χ4v) is 1.67. The van der Waals surface area contributed by atoms with E-state index in [-0.39, 0.29) is 10.6 Å². The summed E-state index contributed by atoms with van der Waals surface area (Å²) in [5, 5.41) is 1.57. The molecule has 0 fully saturated rings. The molecule has 0 spiro atoms. The number of hydrogen-bond donors (Lipinski definition) is 1. The van der Waals surface area contributed by atoms with Crippen LogP contribution in [0.2, 0.25) is 0 Å². The van der Waals surface area contributed by atoms with E-state index in [1.807, 2.05) is 0 Å². The highest BCUT2D eigenvalue weighted by Crippen LogP contribution is 2.20. The van der Waals surface area contributed by atoms with Crippen molar-refractivity contribution >= 4 is 21.4 Å². The second-order valence-corrected chi connectivity index (χ2v) is 5.27. The molecule has 0 atom stereocenters. The van der Waals surface area contributed by atoms with Crippen LogP contribution in [-0.2, 0) is 14.6 Å². The van der Waals surface area contributed by atoms with Gasteiger partial charge in [-0.2, -0.15) is 13.2 Å². The first-order chi connectivity index (χ1) is 7.60. The fraction of sp³-hybridized carbons (Fsp3) is 0.222. The molecule has 17 heavy (non-hydrogen) atoms. The molecule has 0 saturated heterocycles. The van der Waals surface area contributed by atoms with Crippen LogP contribution in [0.25, 0.3) is 0 Å². The number of hydrogen-bond acceptors (Lipinski definition) is 3. The lowest BCUT2D eigenvalue weighted by atomic mass is 10.3. The first-order valence-electron chi connectivity index (χ1n) is 4.29. The summed E-state index contributed by atoms with van der Waals surface area (Å²) < 4.78 is 58.1. The van der Waals surface area contributed by atoms with E-state index in [0.29, 0.717) is 0 Å². The molecule has 1 rings (SSSR count). The SMILES string of the molecule is CS(=O)(=O)c1cccc(NC(=O)C(F)(F)F)c1. The Hall–Kier alpha value is -1.57. The summed E-state index contributed by atoms with van der Waals surface area (Å²) in [6, 6.07) is 4.58. The predicted molar refractivity (Wildman–Crippen MR) is 54.2 cm³/mol. The number of carbonyl (C=O) groups excluding carboxylic acids is 1. The molecule has 1 aromatic carbocycles. The molecule has 94 valence electrons. The van der Waals surface area contributed by atoms with Crippen molar-refractivity contribution in [2.75, 3.05) is 11.6 Å². The van der Waals surface area contributed by atoms with Gasteiger partial charge >= 0.3 is 12.1 Å². The van der Waals surface area contributed by atoms with Crippen LogP contribution in [0.3, 0.4) is 0 Å². The average molecular weight is 267 g/mol. The maximum atomic E-state index is 11.9. The van der Waals surface area contributed by atoms with Crippen LogP contribution in [0.15, 0.2) is 29.2 Å². The van der Waals surface area contributed by atoms with Crippen molar-refractivity contribution in [1.29, 1.82) is 0 Å². The van der Waals surface area contributed by atoms with Gasteiger partial charge in [-0.3, -0.25) is 4.79 Å². The highest BCUT2D eigenvalue weighted by Gasteiger charge is 2.38. The van der Waals surface area contributed by atoms with Gasteiger partial charge in [0.15, 0.2) is 9.84 Å². The number of amides is 1. The quantitative estimate of drug-likeness (QED) is 0.885.